The van der Waals surface area contributed by atoms with Gasteiger partial charge in [0.2, 0.25) is 5.71 Å². The third-order valence-electron chi connectivity index (χ3n) is 5.39. The first-order valence-corrected chi connectivity index (χ1v) is 10.4. The van der Waals surface area contributed by atoms with E-state index in [1.54, 1.807) is 0 Å². The van der Waals surface area contributed by atoms with Crippen molar-refractivity contribution in [1.29, 1.82) is 0 Å². The van der Waals surface area contributed by atoms with Crippen LogP contribution in [0.2, 0.25) is 0 Å². The van der Waals surface area contributed by atoms with Gasteiger partial charge in [0.15, 0.2) is 0 Å². The quantitative estimate of drug-likeness (QED) is 0.478. The number of benzene rings is 3. The average molecular weight is 399 g/mol. The van der Waals surface area contributed by atoms with Crippen LogP contribution in [0, 0.1) is 13.8 Å². The molecule has 3 aromatic rings. The van der Waals surface area contributed by atoms with E-state index in [4.69, 9.17) is 0 Å². The second kappa shape index (κ2) is 9.93. The predicted octanol–water partition coefficient (Wildman–Crippen LogP) is 4.11. The first-order valence-electron chi connectivity index (χ1n) is 10.4. The molecule has 3 heteroatoms. The van der Waals surface area contributed by atoms with Crippen LogP contribution >= 0.6 is 0 Å². The van der Waals surface area contributed by atoms with Crippen molar-refractivity contribution in [2.75, 3.05) is 25.5 Å². The maximum absolute atomic E-state index is 3.64. The monoisotopic (exact) mass is 398 g/mol. The molecule has 0 spiro atoms. The zero-order valence-corrected chi connectivity index (χ0v) is 18.7. The van der Waals surface area contributed by atoms with Gasteiger partial charge in [-0.2, -0.15) is 5.01 Å². The van der Waals surface area contributed by atoms with E-state index in [1.807, 2.05) is 12.1 Å². The van der Waals surface area contributed by atoms with Crippen molar-refractivity contribution < 1.29 is 5.10 Å². The van der Waals surface area contributed by atoms with E-state index in [9.17, 15) is 0 Å². The summed E-state index contributed by atoms with van der Waals surface area (Å²) in [7, 11) is 4.24. The van der Waals surface area contributed by atoms with Gasteiger partial charge in [0, 0.05) is 23.9 Å². The van der Waals surface area contributed by atoms with Crippen LogP contribution in [0.5, 0.6) is 0 Å². The largest absolute Gasteiger partial charge is 0.368 e. The van der Waals surface area contributed by atoms with E-state index >= 15 is 0 Å². The SMILES string of the molecule is C/C=C(/CN(C)c1c(C)cccc1C)N(C)[NH+]=C(c1ccccc1)c1ccccc1. The number of rotatable bonds is 7. The zero-order chi connectivity index (χ0) is 21.5. The van der Waals surface area contributed by atoms with E-state index in [0.717, 1.165) is 23.4 Å². The fourth-order valence-electron chi connectivity index (χ4n) is 3.87. The third kappa shape index (κ3) is 4.98. The van der Waals surface area contributed by atoms with Gasteiger partial charge in [-0.15, -0.1) is 5.10 Å². The van der Waals surface area contributed by atoms with Gasteiger partial charge in [-0.25, -0.2) is 0 Å². The Morgan fingerprint density at radius 1 is 0.767 bits per heavy atom. The highest BCUT2D eigenvalue weighted by Gasteiger charge is 2.18. The summed E-state index contributed by atoms with van der Waals surface area (Å²) in [5.74, 6) is 0. The van der Waals surface area contributed by atoms with Crippen molar-refractivity contribution in [3.05, 3.63) is 113 Å². The van der Waals surface area contributed by atoms with Crippen molar-refractivity contribution in [3.8, 4) is 0 Å². The molecular formula is C27H32N3+. The summed E-state index contributed by atoms with van der Waals surface area (Å²) in [6.45, 7) is 7.25. The van der Waals surface area contributed by atoms with Crippen molar-refractivity contribution >= 4 is 11.4 Å². The van der Waals surface area contributed by atoms with Crippen LogP contribution in [0.1, 0.15) is 29.2 Å². The smallest absolute Gasteiger partial charge is 0.241 e. The summed E-state index contributed by atoms with van der Waals surface area (Å²) in [5.41, 5.74) is 8.50. The average Bonchev–Trinajstić information content (AvgIpc) is 2.76. The van der Waals surface area contributed by atoms with Crippen LogP contribution in [0.4, 0.5) is 5.69 Å². The van der Waals surface area contributed by atoms with Gasteiger partial charge in [-0.1, -0.05) is 60.7 Å². The molecule has 0 amide bonds. The first kappa shape index (κ1) is 21.4. The molecule has 0 aromatic heterocycles. The Morgan fingerprint density at radius 3 is 1.73 bits per heavy atom. The Bertz CT molecular complexity index is 959. The van der Waals surface area contributed by atoms with Crippen LogP contribution in [0.15, 0.2) is 90.6 Å². The maximum Gasteiger partial charge on any atom is 0.241 e. The van der Waals surface area contributed by atoms with Crippen molar-refractivity contribution in [2.24, 2.45) is 0 Å². The molecule has 3 nitrogen and oxygen atoms in total. The molecule has 0 aliphatic carbocycles. The summed E-state index contributed by atoms with van der Waals surface area (Å²) in [5, 5.41) is 5.77. The number of para-hydroxylation sites is 1. The van der Waals surface area contributed by atoms with E-state index < -0.39 is 0 Å². The summed E-state index contributed by atoms with van der Waals surface area (Å²) in [6.07, 6.45) is 2.17. The van der Waals surface area contributed by atoms with Crippen LogP contribution in [-0.2, 0) is 0 Å². The van der Waals surface area contributed by atoms with Gasteiger partial charge in [-0.3, -0.25) is 0 Å². The summed E-state index contributed by atoms with van der Waals surface area (Å²) < 4.78 is 0. The molecule has 0 atom stereocenters. The summed E-state index contributed by atoms with van der Waals surface area (Å²) >= 11 is 0. The predicted molar refractivity (Wildman–Crippen MR) is 128 cm³/mol. The Hall–Kier alpha value is -3.33. The molecule has 0 radical (unpaired) electrons. The van der Waals surface area contributed by atoms with Gasteiger partial charge < -0.3 is 4.90 Å². The number of hydrazine groups is 1. The second-order valence-electron chi connectivity index (χ2n) is 7.65. The molecule has 0 aliphatic heterocycles. The lowest BCUT2D eigenvalue weighted by Crippen LogP contribution is -2.83. The number of aryl methyl sites for hydroxylation is 2. The number of hydrazone groups is 1. The Balaban J connectivity index is 1.91. The lowest BCUT2D eigenvalue weighted by Gasteiger charge is -2.26. The number of allylic oxidation sites excluding steroid dienone is 1. The summed E-state index contributed by atoms with van der Waals surface area (Å²) in [4.78, 5) is 2.32. The third-order valence-corrected chi connectivity index (χ3v) is 5.39. The van der Waals surface area contributed by atoms with E-state index in [-0.39, 0.29) is 0 Å². The molecule has 0 saturated carbocycles. The van der Waals surface area contributed by atoms with Crippen molar-refractivity contribution in [3.63, 3.8) is 0 Å². The topological polar surface area (TPSA) is 20.5 Å². The number of nitrogens with one attached hydrogen (secondary N) is 1. The standard InChI is InChI=1S/C27H31N3/c1-6-25(20-29(4)27-21(2)14-13-15-22(27)3)30(5)28-26(23-16-9-7-10-17-23)24-18-11-8-12-19-24/h6-19H,20H2,1-5H3/p+1/b25-6-. The van der Waals surface area contributed by atoms with Gasteiger partial charge in [0.05, 0.1) is 19.3 Å². The fraction of sp³-hybridized carbons (Fsp3) is 0.222. The molecule has 0 heterocycles. The second-order valence-corrected chi connectivity index (χ2v) is 7.65. The molecule has 0 bridgehead atoms. The highest BCUT2D eigenvalue weighted by molar-refractivity contribution is 6.08. The van der Waals surface area contributed by atoms with Gasteiger partial charge in [-0.05, 0) is 56.2 Å². The molecule has 0 unspecified atom stereocenters. The van der Waals surface area contributed by atoms with Gasteiger partial charge in [0.25, 0.3) is 0 Å². The van der Waals surface area contributed by atoms with Crippen molar-refractivity contribution in [2.45, 2.75) is 20.8 Å². The highest BCUT2D eigenvalue weighted by atomic mass is 15.5. The zero-order valence-electron chi connectivity index (χ0n) is 18.7. The Morgan fingerprint density at radius 2 is 1.27 bits per heavy atom. The molecule has 3 rings (SSSR count). The minimum Gasteiger partial charge on any atom is -0.368 e. The molecule has 0 aliphatic rings. The molecule has 1 N–H and O–H groups in total. The fourth-order valence-corrected chi connectivity index (χ4v) is 3.87. The molecular weight excluding hydrogens is 366 g/mol. The number of hydrogen-bond donors (Lipinski definition) is 1. The van der Waals surface area contributed by atoms with Gasteiger partial charge >= 0.3 is 0 Å². The van der Waals surface area contributed by atoms with E-state index in [2.05, 4.69) is 123 Å². The number of anilines is 1. The lowest BCUT2D eigenvalue weighted by atomic mass is 10.0. The Kier molecular flexibility index (Phi) is 7.08. The van der Waals surface area contributed by atoms with E-state index in [1.165, 1.54) is 22.5 Å². The van der Waals surface area contributed by atoms with Gasteiger partial charge in [0.1, 0.15) is 0 Å². The first-order chi connectivity index (χ1) is 14.5. The summed E-state index contributed by atoms with van der Waals surface area (Å²) in [6, 6.07) is 27.4. The normalized spacial score (nSPS) is 11.2. The van der Waals surface area contributed by atoms with Crippen molar-refractivity contribution in [1.82, 2.24) is 5.01 Å². The molecule has 30 heavy (non-hydrogen) atoms. The minimum absolute atomic E-state index is 0.808. The molecule has 0 saturated heterocycles. The van der Waals surface area contributed by atoms with Crippen LogP contribution in [-0.4, -0.2) is 31.4 Å². The van der Waals surface area contributed by atoms with Crippen LogP contribution in [0.3, 0.4) is 0 Å². The highest BCUT2D eigenvalue weighted by Crippen LogP contribution is 2.24. The Labute approximate surface area is 181 Å². The minimum atomic E-state index is 0.808. The van der Waals surface area contributed by atoms with Crippen LogP contribution < -0.4 is 10.0 Å². The molecule has 0 fully saturated rings. The number of likely N-dealkylation sites (N-methyl/N-ethyl adjacent to an activating group) is 2. The van der Waals surface area contributed by atoms with Crippen LogP contribution in [0.25, 0.3) is 0 Å². The number of nitrogens with zero attached hydrogens (tertiary/aromatic N) is 2. The molecule has 3 aromatic carbocycles. The number of hydrogen-bond acceptors (Lipinski definition) is 2. The van der Waals surface area contributed by atoms with E-state index in [0.29, 0.717) is 0 Å². The lowest BCUT2D eigenvalue weighted by molar-refractivity contribution is -0.625. The molecule has 154 valence electrons. The maximum atomic E-state index is 3.64.